The summed E-state index contributed by atoms with van der Waals surface area (Å²) in [5.74, 6) is -4.19. The number of amides is 1. The molecule has 0 bridgehead atoms. The molecular formula is C22H17F3N6O. The fourth-order valence-electron chi connectivity index (χ4n) is 4.04. The highest BCUT2D eigenvalue weighted by molar-refractivity contribution is 5.95. The number of hydrogen-bond acceptors (Lipinski definition) is 4. The predicted octanol–water partition coefficient (Wildman–Crippen LogP) is 3.28. The zero-order valence-corrected chi connectivity index (χ0v) is 17.0. The second-order valence-electron chi connectivity index (χ2n) is 7.50. The first kappa shape index (κ1) is 20.0. The Morgan fingerprint density at radius 3 is 2.47 bits per heavy atom. The smallest absolute Gasteiger partial charge is 0.254 e. The highest BCUT2D eigenvalue weighted by atomic mass is 19.2. The van der Waals surface area contributed by atoms with E-state index in [0.29, 0.717) is 35.6 Å². The van der Waals surface area contributed by atoms with Crippen LogP contribution in [0.1, 0.15) is 21.6 Å². The van der Waals surface area contributed by atoms with Crippen LogP contribution in [0, 0.1) is 17.5 Å². The number of halogens is 3. The molecule has 0 fully saturated rings. The van der Waals surface area contributed by atoms with Crippen LogP contribution in [-0.2, 0) is 20.0 Å². The Bertz CT molecular complexity index is 1310. The van der Waals surface area contributed by atoms with Crippen molar-refractivity contribution >= 4 is 5.91 Å². The summed E-state index contributed by atoms with van der Waals surface area (Å²) < 4.78 is 42.4. The zero-order valence-electron chi connectivity index (χ0n) is 17.0. The minimum absolute atomic E-state index is 0.171. The molecule has 0 saturated heterocycles. The van der Waals surface area contributed by atoms with Crippen molar-refractivity contribution in [3.8, 4) is 16.9 Å². The maximum absolute atomic E-state index is 13.8. The van der Waals surface area contributed by atoms with Gasteiger partial charge in [-0.05, 0) is 36.8 Å². The van der Waals surface area contributed by atoms with Crippen molar-refractivity contribution in [2.75, 3.05) is 6.54 Å². The molecule has 162 valence electrons. The lowest BCUT2D eigenvalue weighted by molar-refractivity contribution is 0.0732. The molecule has 0 unspecified atom stereocenters. The van der Waals surface area contributed by atoms with E-state index in [9.17, 15) is 18.0 Å². The van der Waals surface area contributed by atoms with Gasteiger partial charge in [-0.1, -0.05) is 6.07 Å². The Labute approximate surface area is 180 Å². The van der Waals surface area contributed by atoms with Gasteiger partial charge in [-0.15, -0.1) is 0 Å². The van der Waals surface area contributed by atoms with Gasteiger partial charge in [0.25, 0.3) is 5.91 Å². The molecule has 0 spiro atoms. The molecule has 5 rings (SSSR count). The lowest BCUT2D eigenvalue weighted by atomic mass is 9.99. The van der Waals surface area contributed by atoms with Gasteiger partial charge in [0.2, 0.25) is 0 Å². The van der Waals surface area contributed by atoms with Crippen LogP contribution in [0.5, 0.6) is 0 Å². The topological polar surface area (TPSA) is 68.8 Å². The Kier molecular flexibility index (Phi) is 4.76. The molecule has 0 saturated carbocycles. The molecule has 1 aliphatic rings. The highest BCUT2D eigenvalue weighted by Gasteiger charge is 2.28. The third kappa shape index (κ3) is 3.33. The number of fused-ring (bicyclic) bond motifs is 1. The number of nitrogens with zero attached hydrogens (tertiary/aromatic N) is 6. The number of hydrogen-bond donors (Lipinski definition) is 0. The molecule has 0 aliphatic carbocycles. The summed E-state index contributed by atoms with van der Waals surface area (Å²) in [4.78, 5) is 16.2. The van der Waals surface area contributed by atoms with Crippen molar-refractivity contribution in [3.63, 3.8) is 0 Å². The Balaban J connectivity index is 1.43. The van der Waals surface area contributed by atoms with Crippen molar-refractivity contribution < 1.29 is 18.0 Å². The number of carbonyl (C=O) groups excluding carboxylic acids is 1. The first-order chi connectivity index (χ1) is 15.4. The lowest BCUT2D eigenvalue weighted by Gasteiger charge is -2.27. The van der Waals surface area contributed by atoms with E-state index in [1.54, 1.807) is 48.6 Å². The van der Waals surface area contributed by atoms with Gasteiger partial charge >= 0.3 is 0 Å². The second kappa shape index (κ2) is 7.63. The number of benzene rings is 2. The summed E-state index contributed by atoms with van der Waals surface area (Å²) in [5.41, 5.74) is 3.29. The maximum Gasteiger partial charge on any atom is 0.254 e. The fraction of sp³-hybridized carbons (Fsp3) is 0.182. The summed E-state index contributed by atoms with van der Waals surface area (Å²) in [6.45, 7) is 0.652. The molecule has 2 aromatic carbocycles. The molecule has 4 aromatic rings. The average Bonchev–Trinajstić information content (AvgIpc) is 3.43. The van der Waals surface area contributed by atoms with Gasteiger partial charge in [0.15, 0.2) is 17.5 Å². The summed E-state index contributed by atoms with van der Waals surface area (Å²) in [5, 5.41) is 12.6. The van der Waals surface area contributed by atoms with Crippen LogP contribution in [0.3, 0.4) is 0 Å². The molecule has 32 heavy (non-hydrogen) atoms. The van der Waals surface area contributed by atoms with E-state index in [2.05, 4.69) is 15.3 Å². The van der Waals surface area contributed by atoms with Gasteiger partial charge in [-0.2, -0.15) is 20.1 Å². The molecular weight excluding hydrogens is 421 g/mol. The standard InChI is InChI=1S/C22H17F3N6O/c1-29-21(14-10-17(23)20(25)18(24)11-14)16-5-8-30(12-19(16)28-29)22(32)13-3-2-4-15(9-13)31-26-6-7-27-31/h2-4,6-7,9-11H,5,8,12H2,1H3. The largest absolute Gasteiger partial charge is 0.332 e. The molecule has 1 aliphatic heterocycles. The van der Waals surface area contributed by atoms with Crippen LogP contribution < -0.4 is 0 Å². The maximum atomic E-state index is 13.8. The number of aryl methyl sites for hydroxylation is 1. The van der Waals surface area contributed by atoms with E-state index in [0.717, 1.165) is 17.7 Å². The molecule has 1 amide bonds. The summed E-state index contributed by atoms with van der Waals surface area (Å²) in [6, 6.07) is 8.92. The van der Waals surface area contributed by atoms with E-state index in [1.165, 1.54) is 9.48 Å². The SMILES string of the molecule is Cn1nc2c(c1-c1cc(F)c(F)c(F)c1)CCN(C(=O)c1cccc(-n3nccn3)c1)C2. The number of rotatable bonds is 3. The third-order valence-corrected chi connectivity index (χ3v) is 5.49. The van der Waals surface area contributed by atoms with Crippen LogP contribution in [0.4, 0.5) is 13.2 Å². The van der Waals surface area contributed by atoms with Gasteiger partial charge in [0.1, 0.15) is 0 Å². The zero-order chi connectivity index (χ0) is 22.4. The molecule has 0 radical (unpaired) electrons. The molecule has 0 atom stereocenters. The molecule has 3 heterocycles. The van der Waals surface area contributed by atoms with Crippen LogP contribution in [0.25, 0.3) is 16.9 Å². The van der Waals surface area contributed by atoms with Crippen LogP contribution in [0.2, 0.25) is 0 Å². The Morgan fingerprint density at radius 1 is 1.03 bits per heavy atom. The monoisotopic (exact) mass is 438 g/mol. The van der Waals surface area contributed by atoms with Gasteiger partial charge in [0.05, 0.1) is 36.0 Å². The summed E-state index contributed by atoms with van der Waals surface area (Å²) in [6.07, 6.45) is 3.56. The van der Waals surface area contributed by atoms with E-state index >= 15 is 0 Å². The van der Waals surface area contributed by atoms with Crippen molar-refractivity contribution in [3.05, 3.63) is 83.1 Å². The molecule has 2 aromatic heterocycles. The average molecular weight is 438 g/mol. The van der Waals surface area contributed by atoms with E-state index in [4.69, 9.17) is 0 Å². The van der Waals surface area contributed by atoms with E-state index < -0.39 is 17.5 Å². The van der Waals surface area contributed by atoms with Crippen LogP contribution in [0.15, 0.2) is 48.8 Å². The number of aromatic nitrogens is 5. The lowest BCUT2D eigenvalue weighted by Crippen LogP contribution is -2.36. The number of carbonyl (C=O) groups is 1. The fourth-order valence-corrected chi connectivity index (χ4v) is 4.04. The van der Waals surface area contributed by atoms with Gasteiger partial charge in [-0.3, -0.25) is 9.48 Å². The summed E-state index contributed by atoms with van der Waals surface area (Å²) in [7, 11) is 1.65. The van der Waals surface area contributed by atoms with Crippen LogP contribution >= 0.6 is 0 Å². The minimum atomic E-state index is -1.51. The van der Waals surface area contributed by atoms with Gasteiger partial charge in [0, 0.05) is 30.3 Å². The van der Waals surface area contributed by atoms with Gasteiger partial charge in [-0.25, -0.2) is 13.2 Å². The quantitative estimate of drug-likeness (QED) is 0.461. The third-order valence-electron chi connectivity index (χ3n) is 5.49. The molecule has 0 N–H and O–H groups in total. The second-order valence-corrected chi connectivity index (χ2v) is 7.50. The Morgan fingerprint density at radius 2 is 1.75 bits per heavy atom. The molecule has 10 heteroatoms. The first-order valence-electron chi connectivity index (χ1n) is 9.88. The molecule has 7 nitrogen and oxygen atoms in total. The minimum Gasteiger partial charge on any atom is -0.332 e. The van der Waals surface area contributed by atoms with Crippen LogP contribution in [-0.4, -0.2) is 42.1 Å². The van der Waals surface area contributed by atoms with Crippen molar-refractivity contribution in [1.29, 1.82) is 0 Å². The van der Waals surface area contributed by atoms with Crippen molar-refractivity contribution in [1.82, 2.24) is 29.7 Å². The predicted molar refractivity (Wildman–Crippen MR) is 108 cm³/mol. The van der Waals surface area contributed by atoms with Gasteiger partial charge < -0.3 is 4.90 Å². The first-order valence-corrected chi connectivity index (χ1v) is 9.88. The Hall–Kier alpha value is -3.95. The van der Waals surface area contributed by atoms with Crippen molar-refractivity contribution in [2.24, 2.45) is 7.05 Å². The summed E-state index contributed by atoms with van der Waals surface area (Å²) >= 11 is 0. The highest BCUT2D eigenvalue weighted by Crippen LogP contribution is 2.32. The normalized spacial score (nSPS) is 13.3. The van der Waals surface area contributed by atoms with E-state index in [1.807, 2.05) is 0 Å². The van der Waals surface area contributed by atoms with E-state index in [-0.39, 0.29) is 18.0 Å². The van der Waals surface area contributed by atoms with Crippen molar-refractivity contribution in [2.45, 2.75) is 13.0 Å².